The third-order valence-electron chi connectivity index (χ3n) is 3.92. The van der Waals surface area contributed by atoms with Crippen molar-refractivity contribution >= 4 is 11.9 Å². The standard InChI is InChI=1S/C18H18N2O4/c1-10-14(17(21)23-3)16(13-7-5-6-12(8-13)9-19)15(11(2)20-10)18(22)24-4/h5-8,16,20H,1-4H3. The molecule has 1 aromatic rings. The van der Waals surface area contributed by atoms with E-state index in [9.17, 15) is 9.59 Å². The number of rotatable bonds is 3. The molecule has 0 aliphatic carbocycles. The zero-order valence-corrected chi connectivity index (χ0v) is 14.0. The molecule has 6 heteroatoms. The highest BCUT2D eigenvalue weighted by Gasteiger charge is 2.37. The Morgan fingerprint density at radius 2 is 1.62 bits per heavy atom. The number of hydrogen-bond acceptors (Lipinski definition) is 6. The zero-order chi connectivity index (χ0) is 17.9. The van der Waals surface area contributed by atoms with Crippen LogP contribution in [0.15, 0.2) is 46.8 Å². The van der Waals surface area contributed by atoms with Crippen LogP contribution < -0.4 is 5.32 Å². The van der Waals surface area contributed by atoms with Crippen LogP contribution in [0.3, 0.4) is 0 Å². The highest BCUT2D eigenvalue weighted by molar-refractivity contribution is 5.99. The molecule has 0 radical (unpaired) electrons. The van der Waals surface area contributed by atoms with Gasteiger partial charge in [-0.05, 0) is 31.5 Å². The molecular formula is C18H18N2O4. The van der Waals surface area contributed by atoms with Crippen molar-refractivity contribution in [3.8, 4) is 6.07 Å². The number of esters is 2. The van der Waals surface area contributed by atoms with Crippen LogP contribution in [0.25, 0.3) is 0 Å². The van der Waals surface area contributed by atoms with E-state index in [1.807, 2.05) is 0 Å². The lowest BCUT2D eigenvalue weighted by atomic mass is 9.80. The van der Waals surface area contributed by atoms with Crippen LogP contribution in [0.4, 0.5) is 0 Å². The summed E-state index contributed by atoms with van der Waals surface area (Å²) in [6, 6.07) is 8.86. The number of carbonyl (C=O) groups excluding carboxylic acids is 2. The van der Waals surface area contributed by atoms with Crippen molar-refractivity contribution in [3.63, 3.8) is 0 Å². The molecule has 0 saturated heterocycles. The molecule has 0 unspecified atom stereocenters. The van der Waals surface area contributed by atoms with Gasteiger partial charge in [-0.2, -0.15) is 5.26 Å². The van der Waals surface area contributed by atoms with E-state index in [1.54, 1.807) is 38.1 Å². The van der Waals surface area contributed by atoms with Crippen molar-refractivity contribution in [2.24, 2.45) is 0 Å². The second-order valence-electron chi connectivity index (χ2n) is 5.36. The second kappa shape index (κ2) is 7.01. The minimum Gasteiger partial charge on any atom is -0.466 e. The fourth-order valence-corrected chi connectivity index (χ4v) is 2.88. The minimum absolute atomic E-state index is 0.318. The lowest BCUT2D eigenvalue weighted by molar-refractivity contribution is -0.137. The van der Waals surface area contributed by atoms with Gasteiger partial charge in [0.1, 0.15) is 0 Å². The lowest BCUT2D eigenvalue weighted by Gasteiger charge is -2.30. The maximum absolute atomic E-state index is 12.3. The van der Waals surface area contributed by atoms with E-state index in [2.05, 4.69) is 11.4 Å². The van der Waals surface area contributed by atoms with Gasteiger partial charge in [-0.25, -0.2) is 9.59 Å². The van der Waals surface area contributed by atoms with Gasteiger partial charge in [0.25, 0.3) is 0 Å². The van der Waals surface area contributed by atoms with E-state index in [-0.39, 0.29) is 0 Å². The van der Waals surface area contributed by atoms with Crippen LogP contribution in [0, 0.1) is 11.3 Å². The Hall–Kier alpha value is -3.07. The Bertz CT molecular complexity index is 761. The quantitative estimate of drug-likeness (QED) is 0.856. The smallest absolute Gasteiger partial charge is 0.336 e. The Morgan fingerprint density at radius 1 is 1.08 bits per heavy atom. The molecule has 1 heterocycles. The van der Waals surface area contributed by atoms with Crippen LogP contribution in [-0.4, -0.2) is 26.2 Å². The monoisotopic (exact) mass is 326 g/mol. The Kier molecular flexibility index (Phi) is 5.05. The van der Waals surface area contributed by atoms with Gasteiger partial charge in [-0.1, -0.05) is 12.1 Å². The molecule has 1 aliphatic heterocycles. The first-order valence-corrected chi connectivity index (χ1v) is 7.29. The lowest BCUT2D eigenvalue weighted by Crippen LogP contribution is -2.32. The largest absolute Gasteiger partial charge is 0.466 e. The number of nitriles is 1. The number of dihydropyridines is 1. The summed E-state index contributed by atoms with van der Waals surface area (Å²) in [7, 11) is 2.57. The maximum Gasteiger partial charge on any atom is 0.336 e. The summed E-state index contributed by atoms with van der Waals surface area (Å²) in [6.07, 6.45) is 0. The topological polar surface area (TPSA) is 88.4 Å². The van der Waals surface area contributed by atoms with E-state index in [4.69, 9.17) is 14.7 Å². The summed E-state index contributed by atoms with van der Waals surface area (Å²) < 4.78 is 9.78. The van der Waals surface area contributed by atoms with Crippen LogP contribution in [0.2, 0.25) is 0 Å². The van der Waals surface area contributed by atoms with E-state index in [0.717, 1.165) is 0 Å². The minimum atomic E-state index is -0.667. The first kappa shape index (κ1) is 17.3. The molecule has 0 aromatic heterocycles. The van der Waals surface area contributed by atoms with Crippen molar-refractivity contribution in [1.82, 2.24) is 5.32 Å². The number of hydrogen-bond donors (Lipinski definition) is 1. The number of allylic oxidation sites excluding steroid dienone is 2. The van der Waals surface area contributed by atoms with Gasteiger partial charge < -0.3 is 14.8 Å². The predicted molar refractivity (Wildman–Crippen MR) is 86.5 cm³/mol. The Morgan fingerprint density at radius 3 is 2.08 bits per heavy atom. The van der Waals surface area contributed by atoms with E-state index in [0.29, 0.717) is 33.7 Å². The van der Waals surface area contributed by atoms with Crippen LogP contribution >= 0.6 is 0 Å². The van der Waals surface area contributed by atoms with Crippen LogP contribution in [-0.2, 0) is 19.1 Å². The summed E-state index contributed by atoms with van der Waals surface area (Å²) in [5.41, 5.74) is 2.92. The average Bonchev–Trinajstić information content (AvgIpc) is 2.59. The molecule has 1 aliphatic rings. The molecule has 1 aromatic carbocycles. The van der Waals surface area contributed by atoms with Crippen molar-refractivity contribution < 1.29 is 19.1 Å². The summed E-state index contributed by atoms with van der Waals surface area (Å²) in [5.74, 6) is -1.75. The molecule has 24 heavy (non-hydrogen) atoms. The van der Waals surface area contributed by atoms with Crippen molar-refractivity contribution in [3.05, 3.63) is 57.9 Å². The van der Waals surface area contributed by atoms with Gasteiger partial charge in [0, 0.05) is 11.4 Å². The number of nitrogens with zero attached hydrogens (tertiary/aromatic N) is 1. The SMILES string of the molecule is COC(=O)C1=C(C)NC(C)=C(C(=O)OC)C1c1cccc(C#N)c1. The predicted octanol–water partition coefficient (Wildman–Crippen LogP) is 2.14. The molecule has 0 saturated carbocycles. The zero-order valence-electron chi connectivity index (χ0n) is 14.0. The van der Waals surface area contributed by atoms with Crippen LogP contribution in [0.5, 0.6) is 0 Å². The van der Waals surface area contributed by atoms with E-state index < -0.39 is 17.9 Å². The fraction of sp³-hybridized carbons (Fsp3) is 0.278. The van der Waals surface area contributed by atoms with Gasteiger partial charge in [-0.3, -0.25) is 0 Å². The molecule has 0 bridgehead atoms. The van der Waals surface area contributed by atoms with Gasteiger partial charge in [0.15, 0.2) is 0 Å². The van der Waals surface area contributed by atoms with Gasteiger partial charge in [-0.15, -0.1) is 0 Å². The third kappa shape index (κ3) is 3.01. The summed E-state index contributed by atoms with van der Waals surface area (Å²) in [5, 5.41) is 12.2. The summed E-state index contributed by atoms with van der Waals surface area (Å²) in [4.78, 5) is 24.6. The van der Waals surface area contributed by atoms with Crippen molar-refractivity contribution in [2.45, 2.75) is 19.8 Å². The molecule has 0 atom stereocenters. The van der Waals surface area contributed by atoms with Crippen molar-refractivity contribution in [2.75, 3.05) is 14.2 Å². The van der Waals surface area contributed by atoms with Gasteiger partial charge in [0.2, 0.25) is 0 Å². The molecule has 0 spiro atoms. The third-order valence-corrected chi connectivity index (χ3v) is 3.92. The van der Waals surface area contributed by atoms with Gasteiger partial charge >= 0.3 is 11.9 Å². The van der Waals surface area contributed by atoms with Crippen molar-refractivity contribution in [1.29, 1.82) is 5.26 Å². The molecule has 0 fully saturated rings. The Balaban J connectivity index is 2.72. The second-order valence-corrected chi connectivity index (χ2v) is 5.36. The molecule has 124 valence electrons. The summed E-state index contributed by atoms with van der Waals surface area (Å²) in [6.45, 7) is 3.48. The van der Waals surface area contributed by atoms with E-state index in [1.165, 1.54) is 14.2 Å². The number of carbonyl (C=O) groups is 2. The van der Waals surface area contributed by atoms with Gasteiger partial charge in [0.05, 0.1) is 42.9 Å². The molecule has 6 nitrogen and oxygen atoms in total. The summed E-state index contributed by atoms with van der Waals surface area (Å²) >= 11 is 0. The number of methoxy groups -OCH3 is 2. The average molecular weight is 326 g/mol. The number of benzene rings is 1. The first-order valence-electron chi connectivity index (χ1n) is 7.29. The fourth-order valence-electron chi connectivity index (χ4n) is 2.88. The number of ether oxygens (including phenoxy) is 2. The highest BCUT2D eigenvalue weighted by Crippen LogP contribution is 2.39. The molecular weight excluding hydrogens is 308 g/mol. The normalized spacial score (nSPS) is 14.8. The maximum atomic E-state index is 12.3. The highest BCUT2D eigenvalue weighted by atomic mass is 16.5. The Labute approximate surface area is 140 Å². The first-order chi connectivity index (χ1) is 11.4. The van der Waals surface area contributed by atoms with Crippen LogP contribution in [0.1, 0.15) is 30.9 Å². The van der Waals surface area contributed by atoms with E-state index >= 15 is 0 Å². The number of nitrogens with one attached hydrogen (secondary N) is 1. The molecule has 1 N–H and O–H groups in total. The molecule has 2 rings (SSSR count). The molecule has 0 amide bonds.